The van der Waals surface area contributed by atoms with Crippen LogP contribution in [0.4, 0.5) is 0 Å². The number of nitrogens with zero attached hydrogens (tertiary/aromatic N) is 3. The fraction of sp³-hybridized carbons (Fsp3) is 0.423. The smallest absolute Gasteiger partial charge is 0.274 e. The van der Waals surface area contributed by atoms with Crippen LogP contribution in [0, 0.1) is 0 Å². The fourth-order valence-corrected chi connectivity index (χ4v) is 4.70. The van der Waals surface area contributed by atoms with Crippen molar-refractivity contribution in [1.29, 1.82) is 0 Å². The standard InChI is InChI=1S/C26H31ClN4O3/c1-34-16-12-25(32)28-13-15-30-14-4-5-21(30)18-31-26(33)23-7-3-2-6-22(23)24(29-31)17-19-8-10-20(27)11-9-19/h2-3,6-11,21H,4-5,12-18H2,1H3,(H,28,32)/t21-/m1/s1. The molecule has 8 heteroatoms. The van der Waals surface area contributed by atoms with Gasteiger partial charge in [-0.15, -0.1) is 0 Å². The van der Waals surface area contributed by atoms with Gasteiger partial charge in [0.1, 0.15) is 0 Å². The number of carbonyl (C=O) groups excluding carboxylic acids is 1. The zero-order valence-corrected chi connectivity index (χ0v) is 20.3. The molecule has 3 aromatic rings. The zero-order valence-electron chi connectivity index (χ0n) is 19.5. The lowest BCUT2D eigenvalue weighted by Crippen LogP contribution is -2.41. The molecule has 1 amide bonds. The summed E-state index contributed by atoms with van der Waals surface area (Å²) in [5.74, 6) is -0.00291. The predicted octanol–water partition coefficient (Wildman–Crippen LogP) is 3.26. The van der Waals surface area contributed by atoms with E-state index in [1.54, 1.807) is 11.8 Å². The molecule has 1 atom stereocenters. The Morgan fingerprint density at radius 3 is 2.71 bits per heavy atom. The van der Waals surface area contributed by atoms with Gasteiger partial charge in [0.2, 0.25) is 5.91 Å². The van der Waals surface area contributed by atoms with E-state index in [2.05, 4.69) is 10.2 Å². The lowest BCUT2D eigenvalue weighted by molar-refractivity contribution is -0.122. The van der Waals surface area contributed by atoms with Crippen LogP contribution in [0.25, 0.3) is 10.8 Å². The van der Waals surface area contributed by atoms with Crippen molar-refractivity contribution in [3.8, 4) is 0 Å². The molecule has 1 aliphatic heterocycles. The average molecular weight is 483 g/mol. The van der Waals surface area contributed by atoms with Gasteiger partial charge in [0, 0.05) is 49.5 Å². The maximum absolute atomic E-state index is 13.3. The van der Waals surface area contributed by atoms with E-state index in [0.29, 0.717) is 42.9 Å². The highest BCUT2D eigenvalue weighted by atomic mass is 35.5. The van der Waals surface area contributed by atoms with Gasteiger partial charge in [0.15, 0.2) is 0 Å². The summed E-state index contributed by atoms with van der Waals surface area (Å²) < 4.78 is 6.59. The van der Waals surface area contributed by atoms with Gasteiger partial charge in [-0.3, -0.25) is 14.5 Å². The molecule has 0 spiro atoms. The minimum atomic E-state index is -0.0600. The number of fused-ring (bicyclic) bond motifs is 1. The number of halogens is 1. The van der Waals surface area contributed by atoms with Crippen molar-refractivity contribution >= 4 is 28.3 Å². The van der Waals surface area contributed by atoms with Gasteiger partial charge in [0.05, 0.1) is 24.2 Å². The largest absolute Gasteiger partial charge is 0.384 e. The molecule has 4 rings (SSSR count). The van der Waals surface area contributed by atoms with Crippen LogP contribution >= 0.6 is 11.6 Å². The van der Waals surface area contributed by atoms with Crippen LogP contribution < -0.4 is 10.9 Å². The minimum absolute atomic E-state index is 0.00291. The number of hydrogen-bond donors (Lipinski definition) is 1. The maximum Gasteiger partial charge on any atom is 0.274 e. The first kappa shape index (κ1) is 24.4. The van der Waals surface area contributed by atoms with Crippen LogP contribution in [0.3, 0.4) is 0 Å². The van der Waals surface area contributed by atoms with E-state index < -0.39 is 0 Å². The summed E-state index contributed by atoms with van der Waals surface area (Å²) in [5.41, 5.74) is 1.92. The zero-order chi connectivity index (χ0) is 23.9. The molecule has 0 bridgehead atoms. The monoisotopic (exact) mass is 482 g/mol. The highest BCUT2D eigenvalue weighted by Crippen LogP contribution is 2.21. The molecular weight excluding hydrogens is 452 g/mol. The first-order valence-corrected chi connectivity index (χ1v) is 12.2. The number of carbonyl (C=O) groups is 1. The number of hydrogen-bond acceptors (Lipinski definition) is 5. The Kier molecular flexibility index (Phi) is 8.32. The van der Waals surface area contributed by atoms with E-state index in [1.807, 2.05) is 48.5 Å². The minimum Gasteiger partial charge on any atom is -0.384 e. The van der Waals surface area contributed by atoms with Crippen LogP contribution in [-0.2, 0) is 22.5 Å². The van der Waals surface area contributed by atoms with Gasteiger partial charge < -0.3 is 10.1 Å². The number of aromatic nitrogens is 2. The Morgan fingerprint density at radius 2 is 1.94 bits per heavy atom. The lowest BCUT2D eigenvalue weighted by Gasteiger charge is -2.25. The van der Waals surface area contributed by atoms with Gasteiger partial charge in [-0.05, 0) is 43.1 Å². The first-order chi connectivity index (χ1) is 16.5. The van der Waals surface area contributed by atoms with Crippen molar-refractivity contribution in [2.75, 3.05) is 33.4 Å². The highest BCUT2D eigenvalue weighted by molar-refractivity contribution is 6.30. The topological polar surface area (TPSA) is 76.5 Å². The molecule has 2 aromatic carbocycles. The molecule has 34 heavy (non-hydrogen) atoms. The molecule has 1 aromatic heterocycles. The van der Waals surface area contributed by atoms with Gasteiger partial charge >= 0.3 is 0 Å². The maximum atomic E-state index is 13.3. The molecule has 1 saturated heterocycles. The third-order valence-corrected chi connectivity index (χ3v) is 6.62. The summed E-state index contributed by atoms with van der Waals surface area (Å²) in [4.78, 5) is 27.5. The van der Waals surface area contributed by atoms with Gasteiger partial charge in [-0.1, -0.05) is 41.9 Å². The Hall–Kier alpha value is -2.74. The summed E-state index contributed by atoms with van der Waals surface area (Å²) in [6.45, 7) is 3.25. The summed E-state index contributed by atoms with van der Waals surface area (Å²) in [7, 11) is 1.59. The summed E-state index contributed by atoms with van der Waals surface area (Å²) >= 11 is 6.05. The SMILES string of the molecule is COCCC(=O)NCCN1CCC[C@@H]1Cn1nc(Cc2ccc(Cl)cc2)c2ccccc2c1=O. The van der Waals surface area contributed by atoms with E-state index in [4.69, 9.17) is 21.4 Å². The number of benzene rings is 2. The van der Waals surface area contributed by atoms with Crippen LogP contribution in [0.15, 0.2) is 53.3 Å². The second kappa shape index (κ2) is 11.6. The van der Waals surface area contributed by atoms with E-state index >= 15 is 0 Å². The number of likely N-dealkylation sites (tertiary alicyclic amines) is 1. The number of methoxy groups -OCH3 is 1. The van der Waals surface area contributed by atoms with Gasteiger partial charge in [-0.2, -0.15) is 5.10 Å². The van der Waals surface area contributed by atoms with E-state index in [1.165, 1.54) is 0 Å². The van der Waals surface area contributed by atoms with Crippen LogP contribution in [0.5, 0.6) is 0 Å². The van der Waals surface area contributed by atoms with Crippen molar-refractivity contribution in [1.82, 2.24) is 20.0 Å². The quantitative estimate of drug-likeness (QED) is 0.480. The first-order valence-electron chi connectivity index (χ1n) is 11.8. The third-order valence-electron chi connectivity index (χ3n) is 6.37. The number of nitrogens with one attached hydrogen (secondary N) is 1. The number of rotatable bonds is 10. The Bertz CT molecular complexity index is 1180. The molecule has 2 heterocycles. The predicted molar refractivity (Wildman–Crippen MR) is 134 cm³/mol. The van der Waals surface area contributed by atoms with Crippen molar-refractivity contribution in [2.24, 2.45) is 0 Å². The summed E-state index contributed by atoms with van der Waals surface area (Å²) in [6.07, 6.45) is 3.07. The van der Waals surface area contributed by atoms with Crippen molar-refractivity contribution < 1.29 is 9.53 Å². The van der Waals surface area contributed by atoms with E-state index in [9.17, 15) is 9.59 Å². The molecule has 0 unspecified atom stereocenters. The summed E-state index contributed by atoms with van der Waals surface area (Å²) in [6, 6.07) is 15.6. The Balaban J connectivity index is 1.50. The second-order valence-corrected chi connectivity index (χ2v) is 9.14. The van der Waals surface area contributed by atoms with Crippen molar-refractivity contribution in [3.05, 3.63) is 75.2 Å². The molecule has 1 fully saturated rings. The molecule has 0 aliphatic carbocycles. The van der Waals surface area contributed by atoms with Crippen LogP contribution in [0.2, 0.25) is 5.02 Å². The molecule has 1 aliphatic rings. The number of ether oxygens (including phenoxy) is 1. The Morgan fingerprint density at radius 1 is 1.18 bits per heavy atom. The summed E-state index contributed by atoms with van der Waals surface area (Å²) in [5, 5.41) is 10.0. The van der Waals surface area contributed by atoms with E-state index in [0.717, 1.165) is 42.6 Å². The molecule has 0 radical (unpaired) electrons. The van der Waals surface area contributed by atoms with Crippen molar-refractivity contribution in [3.63, 3.8) is 0 Å². The van der Waals surface area contributed by atoms with E-state index in [-0.39, 0.29) is 17.5 Å². The van der Waals surface area contributed by atoms with Crippen LogP contribution in [-0.4, -0.2) is 60.0 Å². The van der Waals surface area contributed by atoms with Crippen LogP contribution in [0.1, 0.15) is 30.5 Å². The third kappa shape index (κ3) is 6.03. The van der Waals surface area contributed by atoms with Crippen molar-refractivity contribution in [2.45, 2.75) is 38.3 Å². The van der Waals surface area contributed by atoms with Gasteiger partial charge in [0.25, 0.3) is 5.56 Å². The molecule has 180 valence electrons. The fourth-order valence-electron chi connectivity index (χ4n) is 4.57. The lowest BCUT2D eigenvalue weighted by atomic mass is 10.0. The normalized spacial score (nSPS) is 16.2. The highest BCUT2D eigenvalue weighted by Gasteiger charge is 2.26. The molecule has 0 saturated carbocycles. The molecule has 7 nitrogen and oxygen atoms in total. The van der Waals surface area contributed by atoms with Gasteiger partial charge in [-0.25, -0.2) is 4.68 Å². The average Bonchev–Trinajstić information content (AvgIpc) is 3.29. The second-order valence-electron chi connectivity index (χ2n) is 8.71. The molecule has 1 N–H and O–H groups in total. The molecular formula is C26H31ClN4O3. The number of amides is 1. The Labute approximate surface area is 204 Å².